The number of rotatable bonds is 4. The SMILES string of the molecule is N[C@H](Cc1ccc(O)cc1)c1nc(-c2ncc[nH]2)no1. The minimum Gasteiger partial charge on any atom is -0.508 e. The molecule has 20 heavy (non-hydrogen) atoms. The first-order valence-corrected chi connectivity index (χ1v) is 6.09. The highest BCUT2D eigenvalue weighted by Crippen LogP contribution is 2.19. The molecule has 0 amide bonds. The molecule has 0 saturated carbocycles. The average Bonchev–Trinajstić information content (AvgIpc) is 3.11. The number of phenolic OH excluding ortho intramolecular Hbond substituents is 1. The third-order valence-corrected chi connectivity index (χ3v) is 2.86. The van der Waals surface area contributed by atoms with Crippen molar-refractivity contribution in [2.75, 3.05) is 0 Å². The number of aromatic nitrogens is 4. The Kier molecular flexibility index (Phi) is 3.18. The number of phenols is 1. The highest BCUT2D eigenvalue weighted by Gasteiger charge is 2.17. The summed E-state index contributed by atoms with van der Waals surface area (Å²) in [6, 6.07) is 6.43. The minimum absolute atomic E-state index is 0.222. The maximum Gasteiger partial charge on any atom is 0.244 e. The predicted molar refractivity (Wildman–Crippen MR) is 70.6 cm³/mol. The Labute approximate surface area is 114 Å². The summed E-state index contributed by atoms with van der Waals surface area (Å²) in [5.41, 5.74) is 7.02. The van der Waals surface area contributed by atoms with E-state index in [0.29, 0.717) is 24.0 Å². The number of nitrogens with two attached hydrogens (primary N) is 1. The molecule has 0 aliphatic rings. The molecule has 102 valence electrons. The summed E-state index contributed by atoms with van der Waals surface area (Å²) in [6.45, 7) is 0. The summed E-state index contributed by atoms with van der Waals surface area (Å²) in [7, 11) is 0. The van der Waals surface area contributed by atoms with E-state index in [1.165, 1.54) is 0 Å². The van der Waals surface area contributed by atoms with Crippen molar-refractivity contribution in [3.63, 3.8) is 0 Å². The predicted octanol–water partition coefficient (Wildman–Crippen LogP) is 1.41. The largest absolute Gasteiger partial charge is 0.508 e. The monoisotopic (exact) mass is 271 g/mol. The zero-order chi connectivity index (χ0) is 13.9. The molecule has 7 heteroatoms. The van der Waals surface area contributed by atoms with E-state index in [-0.39, 0.29) is 5.75 Å². The summed E-state index contributed by atoms with van der Waals surface area (Å²) in [5, 5.41) is 13.1. The van der Waals surface area contributed by atoms with Gasteiger partial charge >= 0.3 is 0 Å². The van der Waals surface area contributed by atoms with Crippen molar-refractivity contribution in [2.24, 2.45) is 5.73 Å². The van der Waals surface area contributed by atoms with Crippen LogP contribution in [0.3, 0.4) is 0 Å². The van der Waals surface area contributed by atoms with Crippen LogP contribution in [0.4, 0.5) is 0 Å². The van der Waals surface area contributed by atoms with Crippen LogP contribution in [-0.2, 0) is 6.42 Å². The summed E-state index contributed by atoms with van der Waals surface area (Å²) in [6.07, 6.45) is 3.84. The van der Waals surface area contributed by atoms with E-state index in [9.17, 15) is 5.11 Å². The molecule has 0 aliphatic heterocycles. The summed E-state index contributed by atoms with van der Waals surface area (Å²) in [4.78, 5) is 11.2. The molecule has 1 atom stereocenters. The van der Waals surface area contributed by atoms with Gasteiger partial charge in [-0.25, -0.2) is 4.98 Å². The Morgan fingerprint density at radius 1 is 1.30 bits per heavy atom. The highest BCUT2D eigenvalue weighted by molar-refractivity contribution is 5.40. The Hall–Kier alpha value is -2.67. The Bertz CT molecular complexity index is 675. The van der Waals surface area contributed by atoms with Gasteiger partial charge in [0.1, 0.15) is 5.75 Å². The highest BCUT2D eigenvalue weighted by atomic mass is 16.5. The van der Waals surface area contributed by atoms with Crippen molar-refractivity contribution in [1.82, 2.24) is 20.1 Å². The lowest BCUT2D eigenvalue weighted by Gasteiger charge is -2.06. The van der Waals surface area contributed by atoms with Gasteiger partial charge in [0.25, 0.3) is 0 Å². The number of aromatic amines is 1. The second kappa shape index (κ2) is 5.14. The van der Waals surface area contributed by atoms with E-state index < -0.39 is 6.04 Å². The van der Waals surface area contributed by atoms with Crippen LogP contribution in [0.15, 0.2) is 41.2 Å². The van der Waals surface area contributed by atoms with Gasteiger partial charge in [-0.3, -0.25) is 0 Å². The summed E-state index contributed by atoms with van der Waals surface area (Å²) >= 11 is 0. The van der Waals surface area contributed by atoms with E-state index in [4.69, 9.17) is 10.3 Å². The van der Waals surface area contributed by atoms with E-state index >= 15 is 0 Å². The lowest BCUT2D eigenvalue weighted by atomic mass is 10.1. The Balaban J connectivity index is 1.74. The van der Waals surface area contributed by atoms with Crippen LogP contribution in [-0.4, -0.2) is 25.2 Å². The standard InChI is InChI=1S/C13H13N5O2/c14-10(7-8-1-3-9(19)4-2-8)13-17-12(18-20-13)11-15-5-6-16-11/h1-6,10,19H,7,14H2,(H,15,16)/t10-/m1/s1. The summed E-state index contributed by atoms with van der Waals surface area (Å²) in [5.74, 6) is 1.49. The van der Waals surface area contributed by atoms with Crippen molar-refractivity contribution >= 4 is 0 Å². The topological polar surface area (TPSA) is 114 Å². The molecular formula is C13H13N5O2. The molecule has 0 spiro atoms. The van der Waals surface area contributed by atoms with E-state index in [1.807, 2.05) is 0 Å². The van der Waals surface area contributed by atoms with Crippen molar-refractivity contribution in [1.29, 1.82) is 0 Å². The summed E-state index contributed by atoms with van der Waals surface area (Å²) < 4.78 is 5.15. The quantitative estimate of drug-likeness (QED) is 0.661. The number of nitrogens with zero attached hydrogens (tertiary/aromatic N) is 3. The number of hydrogen-bond acceptors (Lipinski definition) is 6. The fourth-order valence-electron chi connectivity index (χ4n) is 1.84. The number of hydrogen-bond donors (Lipinski definition) is 3. The van der Waals surface area contributed by atoms with Crippen LogP contribution in [0.1, 0.15) is 17.5 Å². The first kappa shape index (κ1) is 12.4. The normalized spacial score (nSPS) is 12.4. The molecule has 0 saturated heterocycles. The Morgan fingerprint density at radius 2 is 2.10 bits per heavy atom. The lowest BCUT2D eigenvalue weighted by Crippen LogP contribution is -2.13. The van der Waals surface area contributed by atoms with Gasteiger partial charge < -0.3 is 20.3 Å². The van der Waals surface area contributed by atoms with Crippen LogP contribution in [0.5, 0.6) is 5.75 Å². The molecule has 0 aliphatic carbocycles. The molecule has 0 unspecified atom stereocenters. The van der Waals surface area contributed by atoms with Gasteiger partial charge in [-0.2, -0.15) is 4.98 Å². The maximum atomic E-state index is 9.23. The zero-order valence-corrected chi connectivity index (χ0v) is 10.5. The number of benzene rings is 1. The molecular weight excluding hydrogens is 258 g/mol. The molecule has 0 radical (unpaired) electrons. The fraction of sp³-hybridized carbons (Fsp3) is 0.154. The van der Waals surface area contributed by atoms with Crippen molar-refractivity contribution < 1.29 is 9.63 Å². The molecule has 7 nitrogen and oxygen atoms in total. The molecule has 4 N–H and O–H groups in total. The zero-order valence-electron chi connectivity index (χ0n) is 10.5. The third kappa shape index (κ3) is 2.52. The maximum absolute atomic E-state index is 9.23. The number of aromatic hydroxyl groups is 1. The van der Waals surface area contributed by atoms with E-state index in [1.54, 1.807) is 36.7 Å². The van der Waals surface area contributed by atoms with E-state index in [0.717, 1.165) is 5.56 Å². The number of nitrogens with one attached hydrogen (secondary N) is 1. The average molecular weight is 271 g/mol. The molecule has 2 heterocycles. The Morgan fingerprint density at radius 3 is 2.80 bits per heavy atom. The molecule has 2 aromatic heterocycles. The van der Waals surface area contributed by atoms with Crippen LogP contribution >= 0.6 is 0 Å². The van der Waals surface area contributed by atoms with Crippen molar-refractivity contribution in [3.8, 4) is 17.4 Å². The lowest BCUT2D eigenvalue weighted by molar-refractivity contribution is 0.354. The van der Waals surface area contributed by atoms with Crippen LogP contribution in [0, 0.1) is 0 Å². The minimum atomic E-state index is -0.407. The van der Waals surface area contributed by atoms with Gasteiger partial charge in [0, 0.05) is 12.4 Å². The fourth-order valence-corrected chi connectivity index (χ4v) is 1.84. The number of imidazole rings is 1. The van der Waals surface area contributed by atoms with Crippen LogP contribution < -0.4 is 5.73 Å². The van der Waals surface area contributed by atoms with E-state index in [2.05, 4.69) is 20.1 Å². The molecule has 0 bridgehead atoms. The van der Waals surface area contributed by atoms with Crippen molar-refractivity contribution in [3.05, 3.63) is 48.1 Å². The molecule has 1 aromatic carbocycles. The third-order valence-electron chi connectivity index (χ3n) is 2.86. The van der Waals surface area contributed by atoms with Crippen LogP contribution in [0.25, 0.3) is 11.6 Å². The van der Waals surface area contributed by atoms with Gasteiger partial charge in [0.15, 0.2) is 5.82 Å². The first-order valence-electron chi connectivity index (χ1n) is 6.09. The van der Waals surface area contributed by atoms with Gasteiger partial charge in [-0.1, -0.05) is 17.3 Å². The number of H-pyrrole nitrogens is 1. The second-order valence-electron chi connectivity index (χ2n) is 4.37. The van der Waals surface area contributed by atoms with Gasteiger partial charge in [-0.15, -0.1) is 0 Å². The van der Waals surface area contributed by atoms with Gasteiger partial charge in [-0.05, 0) is 24.1 Å². The van der Waals surface area contributed by atoms with Gasteiger partial charge in [0.2, 0.25) is 11.7 Å². The molecule has 3 rings (SSSR count). The molecule has 3 aromatic rings. The van der Waals surface area contributed by atoms with Gasteiger partial charge in [0.05, 0.1) is 6.04 Å². The smallest absolute Gasteiger partial charge is 0.244 e. The first-order chi connectivity index (χ1) is 9.72. The second-order valence-corrected chi connectivity index (χ2v) is 4.37. The van der Waals surface area contributed by atoms with Crippen molar-refractivity contribution in [2.45, 2.75) is 12.5 Å². The molecule has 0 fully saturated rings. The van der Waals surface area contributed by atoms with Crippen LogP contribution in [0.2, 0.25) is 0 Å².